The molecule has 0 aliphatic rings. The number of hydrogen-bond acceptors (Lipinski definition) is 4. The third kappa shape index (κ3) is 5.54. The quantitative estimate of drug-likeness (QED) is 0.714. The Balaban J connectivity index is 2.46. The van der Waals surface area contributed by atoms with Crippen LogP contribution in [0.4, 0.5) is 5.82 Å². The van der Waals surface area contributed by atoms with Gasteiger partial charge in [0.1, 0.15) is 0 Å². The molecule has 1 aromatic rings. The summed E-state index contributed by atoms with van der Waals surface area (Å²) in [4.78, 5) is 4.28. The van der Waals surface area contributed by atoms with Crippen molar-refractivity contribution in [3.05, 3.63) is 18.3 Å². The van der Waals surface area contributed by atoms with Crippen molar-refractivity contribution in [2.75, 3.05) is 18.4 Å². The molecular formula is C13H23N3O. The van der Waals surface area contributed by atoms with E-state index in [0.29, 0.717) is 6.04 Å². The van der Waals surface area contributed by atoms with Gasteiger partial charge in [0.25, 0.3) is 0 Å². The fraction of sp³-hybridized carbons (Fsp3) is 0.615. The maximum absolute atomic E-state index is 5.68. The smallest absolute Gasteiger partial charge is 0.168 e. The number of aromatic nitrogens is 1. The zero-order valence-electron chi connectivity index (χ0n) is 11.2. The lowest BCUT2D eigenvalue weighted by Gasteiger charge is -2.15. The summed E-state index contributed by atoms with van der Waals surface area (Å²) in [6.07, 6.45) is 1.93. The predicted molar refractivity (Wildman–Crippen MR) is 71.6 cm³/mol. The molecule has 0 bridgehead atoms. The zero-order chi connectivity index (χ0) is 12.7. The lowest BCUT2D eigenvalue weighted by Crippen LogP contribution is -2.28. The highest BCUT2D eigenvalue weighted by molar-refractivity contribution is 5.49. The van der Waals surface area contributed by atoms with Crippen LogP contribution in [-0.2, 0) is 0 Å². The van der Waals surface area contributed by atoms with Crippen LogP contribution in [0.15, 0.2) is 18.3 Å². The Bertz CT molecular complexity index is 326. The van der Waals surface area contributed by atoms with Crippen LogP contribution in [0.5, 0.6) is 5.75 Å². The number of hydrogen-bond donors (Lipinski definition) is 2. The second-order valence-corrected chi connectivity index (χ2v) is 4.55. The molecule has 4 nitrogen and oxygen atoms in total. The lowest BCUT2D eigenvalue weighted by atomic mass is 10.4. The van der Waals surface area contributed by atoms with E-state index >= 15 is 0 Å². The number of pyridine rings is 1. The van der Waals surface area contributed by atoms with E-state index in [1.54, 1.807) is 6.20 Å². The molecule has 0 atom stereocenters. The number of nitrogens with zero attached hydrogens (tertiary/aromatic N) is 1. The molecule has 1 rings (SSSR count). The Hall–Kier alpha value is -1.29. The number of nitrogens with one attached hydrogen (secondary N) is 2. The van der Waals surface area contributed by atoms with E-state index < -0.39 is 0 Å². The second kappa shape index (κ2) is 7.12. The molecule has 1 heterocycles. The van der Waals surface area contributed by atoms with Crippen molar-refractivity contribution in [1.82, 2.24) is 10.3 Å². The van der Waals surface area contributed by atoms with Gasteiger partial charge in [0.05, 0.1) is 6.10 Å². The minimum atomic E-state index is 0.161. The molecule has 0 fully saturated rings. The fourth-order valence-corrected chi connectivity index (χ4v) is 1.41. The van der Waals surface area contributed by atoms with E-state index in [9.17, 15) is 0 Å². The van der Waals surface area contributed by atoms with Gasteiger partial charge in [-0.05, 0) is 26.0 Å². The zero-order valence-corrected chi connectivity index (χ0v) is 11.2. The maximum atomic E-state index is 5.68. The van der Waals surface area contributed by atoms with Crippen LogP contribution in [0.1, 0.15) is 27.7 Å². The van der Waals surface area contributed by atoms with Gasteiger partial charge >= 0.3 is 0 Å². The van der Waals surface area contributed by atoms with Crippen molar-refractivity contribution in [2.24, 2.45) is 0 Å². The van der Waals surface area contributed by atoms with Crippen molar-refractivity contribution in [3.8, 4) is 5.75 Å². The largest absolute Gasteiger partial charge is 0.487 e. The Kier molecular flexibility index (Phi) is 5.77. The van der Waals surface area contributed by atoms with Crippen LogP contribution in [0.25, 0.3) is 0 Å². The molecule has 2 N–H and O–H groups in total. The Morgan fingerprint density at radius 3 is 2.65 bits per heavy atom. The molecule has 0 saturated heterocycles. The van der Waals surface area contributed by atoms with E-state index in [2.05, 4.69) is 29.5 Å². The highest BCUT2D eigenvalue weighted by Gasteiger charge is 2.05. The molecule has 96 valence electrons. The minimum Gasteiger partial charge on any atom is -0.487 e. The van der Waals surface area contributed by atoms with Crippen LogP contribution >= 0.6 is 0 Å². The summed E-state index contributed by atoms with van der Waals surface area (Å²) >= 11 is 0. The van der Waals surface area contributed by atoms with Gasteiger partial charge in [-0.15, -0.1) is 0 Å². The molecule has 0 aliphatic carbocycles. The second-order valence-electron chi connectivity index (χ2n) is 4.55. The van der Waals surface area contributed by atoms with Gasteiger partial charge in [0, 0.05) is 25.3 Å². The fourth-order valence-electron chi connectivity index (χ4n) is 1.41. The molecule has 0 saturated carbocycles. The SMILES string of the molecule is CC(C)NCCNc1ncccc1OC(C)C. The van der Waals surface area contributed by atoms with E-state index in [-0.39, 0.29) is 6.10 Å². The highest BCUT2D eigenvalue weighted by Crippen LogP contribution is 2.21. The summed E-state index contributed by atoms with van der Waals surface area (Å²) in [5.74, 6) is 1.62. The first-order valence-electron chi connectivity index (χ1n) is 6.18. The van der Waals surface area contributed by atoms with Crippen molar-refractivity contribution in [1.29, 1.82) is 0 Å². The van der Waals surface area contributed by atoms with Crippen LogP contribution < -0.4 is 15.4 Å². The summed E-state index contributed by atoms with van der Waals surface area (Å²) in [6.45, 7) is 10.0. The molecule has 0 amide bonds. The maximum Gasteiger partial charge on any atom is 0.168 e. The lowest BCUT2D eigenvalue weighted by molar-refractivity contribution is 0.243. The molecule has 0 spiro atoms. The van der Waals surface area contributed by atoms with Gasteiger partial charge in [-0.2, -0.15) is 0 Å². The van der Waals surface area contributed by atoms with Gasteiger partial charge in [-0.25, -0.2) is 4.98 Å². The van der Waals surface area contributed by atoms with Crippen LogP contribution in [0.2, 0.25) is 0 Å². The molecule has 0 unspecified atom stereocenters. The molecule has 0 aromatic carbocycles. The first kappa shape index (κ1) is 13.8. The highest BCUT2D eigenvalue weighted by atomic mass is 16.5. The van der Waals surface area contributed by atoms with Crippen LogP contribution in [-0.4, -0.2) is 30.2 Å². The Morgan fingerprint density at radius 2 is 2.00 bits per heavy atom. The standard InChI is InChI=1S/C13H23N3O/c1-10(2)14-8-9-16-13-12(17-11(3)4)6-5-7-15-13/h5-7,10-11,14H,8-9H2,1-4H3,(H,15,16). The van der Waals surface area contributed by atoms with Crippen molar-refractivity contribution < 1.29 is 4.74 Å². The van der Waals surface area contributed by atoms with E-state index in [1.165, 1.54) is 0 Å². The first-order valence-corrected chi connectivity index (χ1v) is 6.18. The summed E-state index contributed by atoms with van der Waals surface area (Å²) in [5, 5.41) is 6.62. The van der Waals surface area contributed by atoms with Gasteiger partial charge in [-0.3, -0.25) is 0 Å². The number of anilines is 1. The third-order valence-corrected chi connectivity index (χ3v) is 2.10. The molecule has 1 aromatic heterocycles. The monoisotopic (exact) mass is 237 g/mol. The van der Waals surface area contributed by atoms with Gasteiger partial charge in [0.15, 0.2) is 11.6 Å². The van der Waals surface area contributed by atoms with E-state index in [1.807, 2.05) is 26.0 Å². The molecule has 17 heavy (non-hydrogen) atoms. The van der Waals surface area contributed by atoms with Crippen LogP contribution in [0.3, 0.4) is 0 Å². The van der Waals surface area contributed by atoms with Gasteiger partial charge < -0.3 is 15.4 Å². The summed E-state index contributed by atoms with van der Waals surface area (Å²) < 4.78 is 5.68. The summed E-state index contributed by atoms with van der Waals surface area (Å²) in [6, 6.07) is 4.33. The topological polar surface area (TPSA) is 46.2 Å². The number of rotatable bonds is 7. The molecular weight excluding hydrogens is 214 g/mol. The predicted octanol–water partition coefficient (Wildman–Crippen LogP) is 2.28. The molecule has 0 radical (unpaired) electrons. The third-order valence-electron chi connectivity index (χ3n) is 2.10. The van der Waals surface area contributed by atoms with E-state index in [0.717, 1.165) is 24.7 Å². The average Bonchev–Trinajstić information content (AvgIpc) is 2.25. The molecule has 4 heteroatoms. The Labute approximate surface area is 104 Å². The normalized spacial score (nSPS) is 10.9. The van der Waals surface area contributed by atoms with Crippen molar-refractivity contribution in [3.63, 3.8) is 0 Å². The van der Waals surface area contributed by atoms with E-state index in [4.69, 9.17) is 4.74 Å². The van der Waals surface area contributed by atoms with Gasteiger partial charge in [-0.1, -0.05) is 13.8 Å². The van der Waals surface area contributed by atoms with Crippen LogP contribution in [0, 0.1) is 0 Å². The van der Waals surface area contributed by atoms with Gasteiger partial charge in [0.2, 0.25) is 0 Å². The minimum absolute atomic E-state index is 0.161. The molecule has 0 aliphatic heterocycles. The summed E-state index contributed by atoms with van der Waals surface area (Å²) in [5.41, 5.74) is 0. The van der Waals surface area contributed by atoms with Crippen molar-refractivity contribution >= 4 is 5.82 Å². The summed E-state index contributed by atoms with van der Waals surface area (Å²) in [7, 11) is 0. The Morgan fingerprint density at radius 1 is 1.24 bits per heavy atom. The average molecular weight is 237 g/mol. The number of ether oxygens (including phenoxy) is 1. The first-order chi connectivity index (χ1) is 8.09. The van der Waals surface area contributed by atoms with Crippen molar-refractivity contribution in [2.45, 2.75) is 39.8 Å².